The van der Waals surface area contributed by atoms with Crippen LogP contribution in [0.3, 0.4) is 0 Å². The number of nitrogens with zero attached hydrogens (tertiary/aromatic N) is 1. The summed E-state index contributed by atoms with van der Waals surface area (Å²) in [7, 11) is 0. The quantitative estimate of drug-likeness (QED) is 0.823. The lowest BCUT2D eigenvalue weighted by Crippen LogP contribution is -2.41. The van der Waals surface area contributed by atoms with Gasteiger partial charge < -0.3 is 5.32 Å². The summed E-state index contributed by atoms with van der Waals surface area (Å²) in [5.74, 6) is 3.30. The van der Waals surface area contributed by atoms with E-state index in [-0.39, 0.29) is 5.91 Å². The largest absolute Gasteiger partial charge is 0.311 e. The highest BCUT2D eigenvalue weighted by atomic mass is 32.2. The molecular weight excluding hydrogens is 240 g/mol. The number of aliphatic imine (C=N–C) groups is 1. The molecule has 1 amide bonds. The lowest BCUT2D eigenvalue weighted by Gasteiger charge is -2.29. The number of amidine groups is 1. The highest BCUT2D eigenvalue weighted by Crippen LogP contribution is 2.35. The van der Waals surface area contributed by atoms with E-state index in [1.807, 2.05) is 37.4 Å². The van der Waals surface area contributed by atoms with E-state index in [1.165, 1.54) is 5.75 Å². The standard InChI is InChI=1S/C11H18N2OS2/c1-4-7-8(16-6-5-15-7)9-12-10(14)11(2,3)13-9/h7-8H,4-6H2,1-3H3,(H,12,13,14). The van der Waals surface area contributed by atoms with Crippen LogP contribution in [0.4, 0.5) is 0 Å². The molecule has 5 heteroatoms. The predicted molar refractivity (Wildman–Crippen MR) is 72.4 cm³/mol. The van der Waals surface area contributed by atoms with Gasteiger partial charge in [0.25, 0.3) is 5.91 Å². The molecule has 0 aromatic rings. The molecule has 0 spiro atoms. The van der Waals surface area contributed by atoms with E-state index in [4.69, 9.17) is 0 Å². The van der Waals surface area contributed by atoms with Crippen molar-refractivity contribution in [3.05, 3.63) is 0 Å². The van der Waals surface area contributed by atoms with Crippen LogP contribution >= 0.6 is 23.5 Å². The third-order valence-electron chi connectivity index (χ3n) is 2.92. The van der Waals surface area contributed by atoms with Gasteiger partial charge in [-0.1, -0.05) is 6.92 Å². The molecule has 2 rings (SSSR count). The molecule has 0 saturated carbocycles. The maximum atomic E-state index is 11.7. The minimum atomic E-state index is -0.573. The smallest absolute Gasteiger partial charge is 0.252 e. The molecule has 3 nitrogen and oxygen atoms in total. The van der Waals surface area contributed by atoms with Crippen LogP contribution in [0.15, 0.2) is 4.99 Å². The van der Waals surface area contributed by atoms with E-state index in [9.17, 15) is 4.79 Å². The Balaban J connectivity index is 2.15. The van der Waals surface area contributed by atoms with Crippen LogP contribution in [0.2, 0.25) is 0 Å². The number of carbonyl (C=O) groups is 1. The van der Waals surface area contributed by atoms with Crippen LogP contribution in [-0.4, -0.2) is 39.3 Å². The van der Waals surface area contributed by atoms with Gasteiger partial charge in [0.1, 0.15) is 11.4 Å². The molecule has 2 aliphatic heterocycles. The summed E-state index contributed by atoms with van der Waals surface area (Å²) < 4.78 is 0. The zero-order chi connectivity index (χ0) is 11.8. The molecule has 1 saturated heterocycles. The molecule has 1 fully saturated rings. The predicted octanol–water partition coefficient (Wildman–Crippen LogP) is 1.92. The van der Waals surface area contributed by atoms with Crippen molar-refractivity contribution in [2.75, 3.05) is 11.5 Å². The van der Waals surface area contributed by atoms with Gasteiger partial charge in [-0.2, -0.15) is 11.8 Å². The Kier molecular flexibility index (Phi) is 3.54. The molecule has 0 aliphatic carbocycles. The van der Waals surface area contributed by atoms with Crippen molar-refractivity contribution in [2.24, 2.45) is 4.99 Å². The molecule has 0 radical (unpaired) electrons. The van der Waals surface area contributed by atoms with Gasteiger partial charge >= 0.3 is 0 Å². The number of nitrogens with one attached hydrogen (secondary N) is 1. The van der Waals surface area contributed by atoms with Crippen LogP contribution < -0.4 is 5.32 Å². The minimum Gasteiger partial charge on any atom is -0.311 e. The Bertz CT molecular complexity index is 328. The first-order valence-corrected chi connectivity index (χ1v) is 7.78. The first-order valence-electron chi connectivity index (χ1n) is 5.69. The van der Waals surface area contributed by atoms with E-state index in [0.717, 1.165) is 18.0 Å². The fraction of sp³-hybridized carbons (Fsp3) is 0.818. The average Bonchev–Trinajstić information content (AvgIpc) is 2.53. The van der Waals surface area contributed by atoms with Crippen molar-refractivity contribution >= 4 is 35.3 Å². The first-order chi connectivity index (χ1) is 7.54. The van der Waals surface area contributed by atoms with Gasteiger partial charge in [-0.15, -0.1) is 11.8 Å². The van der Waals surface area contributed by atoms with Crippen LogP contribution in [-0.2, 0) is 4.79 Å². The second kappa shape index (κ2) is 4.61. The molecule has 0 aromatic heterocycles. The van der Waals surface area contributed by atoms with E-state index in [2.05, 4.69) is 17.2 Å². The summed E-state index contributed by atoms with van der Waals surface area (Å²) in [5.41, 5.74) is -0.573. The molecular formula is C11H18N2OS2. The summed E-state index contributed by atoms with van der Waals surface area (Å²) >= 11 is 3.94. The molecule has 2 heterocycles. The Labute approximate surface area is 105 Å². The highest BCUT2D eigenvalue weighted by molar-refractivity contribution is 8.07. The Morgan fingerprint density at radius 2 is 2.12 bits per heavy atom. The molecule has 16 heavy (non-hydrogen) atoms. The lowest BCUT2D eigenvalue weighted by molar-refractivity contribution is -0.122. The monoisotopic (exact) mass is 258 g/mol. The van der Waals surface area contributed by atoms with E-state index in [1.54, 1.807) is 0 Å². The second-order valence-corrected chi connectivity index (χ2v) is 7.22. The zero-order valence-electron chi connectivity index (χ0n) is 9.95. The van der Waals surface area contributed by atoms with Crippen LogP contribution in [0.5, 0.6) is 0 Å². The Hall–Kier alpha value is -0.160. The average molecular weight is 258 g/mol. The maximum Gasteiger partial charge on any atom is 0.252 e. The van der Waals surface area contributed by atoms with Crippen molar-refractivity contribution in [2.45, 2.75) is 43.2 Å². The highest BCUT2D eigenvalue weighted by Gasteiger charge is 2.39. The fourth-order valence-electron chi connectivity index (χ4n) is 1.94. The van der Waals surface area contributed by atoms with Gasteiger partial charge in [0.05, 0.1) is 5.25 Å². The number of amides is 1. The van der Waals surface area contributed by atoms with Gasteiger partial charge in [-0.05, 0) is 20.3 Å². The number of carbonyl (C=O) groups excluding carboxylic acids is 1. The second-order valence-electron chi connectivity index (χ2n) is 4.62. The van der Waals surface area contributed by atoms with Gasteiger partial charge in [-0.25, -0.2) is 0 Å². The molecule has 90 valence electrons. The summed E-state index contributed by atoms with van der Waals surface area (Å²) in [4.78, 5) is 16.2. The summed E-state index contributed by atoms with van der Waals surface area (Å²) in [6, 6.07) is 0. The SMILES string of the molecule is CCC1SCCSC1C1=NC(C)(C)C(=O)N1. The Morgan fingerprint density at radius 1 is 1.44 bits per heavy atom. The van der Waals surface area contributed by atoms with Gasteiger partial charge in [0.15, 0.2) is 0 Å². The van der Waals surface area contributed by atoms with Crippen LogP contribution in [0.1, 0.15) is 27.2 Å². The zero-order valence-corrected chi connectivity index (χ0v) is 11.6. The summed E-state index contributed by atoms with van der Waals surface area (Å²) in [6.45, 7) is 5.95. The summed E-state index contributed by atoms with van der Waals surface area (Å²) in [6.07, 6.45) is 1.14. The molecule has 2 atom stereocenters. The van der Waals surface area contributed by atoms with E-state index in [0.29, 0.717) is 10.5 Å². The summed E-state index contributed by atoms with van der Waals surface area (Å²) in [5, 5.41) is 3.91. The van der Waals surface area contributed by atoms with Crippen molar-refractivity contribution in [1.29, 1.82) is 0 Å². The Morgan fingerprint density at radius 3 is 2.69 bits per heavy atom. The van der Waals surface area contributed by atoms with E-state index < -0.39 is 5.54 Å². The molecule has 0 aromatic carbocycles. The van der Waals surface area contributed by atoms with Crippen molar-refractivity contribution in [1.82, 2.24) is 5.32 Å². The third-order valence-corrected chi connectivity index (χ3v) is 6.17. The van der Waals surface area contributed by atoms with Crippen LogP contribution in [0.25, 0.3) is 0 Å². The number of thioether (sulfide) groups is 2. The van der Waals surface area contributed by atoms with Gasteiger partial charge in [0.2, 0.25) is 0 Å². The van der Waals surface area contributed by atoms with Crippen molar-refractivity contribution < 1.29 is 4.79 Å². The first kappa shape index (κ1) is 12.3. The lowest BCUT2D eigenvalue weighted by atomic mass is 10.1. The number of hydrogen-bond donors (Lipinski definition) is 1. The van der Waals surface area contributed by atoms with E-state index >= 15 is 0 Å². The molecule has 2 aliphatic rings. The van der Waals surface area contributed by atoms with Crippen molar-refractivity contribution in [3.8, 4) is 0 Å². The topological polar surface area (TPSA) is 41.5 Å². The number of hydrogen-bond acceptors (Lipinski definition) is 4. The number of rotatable bonds is 2. The minimum absolute atomic E-state index is 0.0357. The molecule has 2 unspecified atom stereocenters. The normalized spacial score (nSPS) is 33.4. The van der Waals surface area contributed by atoms with Crippen LogP contribution in [0, 0.1) is 0 Å². The molecule has 0 bridgehead atoms. The molecule has 1 N–H and O–H groups in total. The van der Waals surface area contributed by atoms with Crippen molar-refractivity contribution in [3.63, 3.8) is 0 Å². The van der Waals surface area contributed by atoms with Gasteiger partial charge in [-0.3, -0.25) is 9.79 Å². The third kappa shape index (κ3) is 2.25. The van der Waals surface area contributed by atoms with Gasteiger partial charge in [0, 0.05) is 16.8 Å². The maximum absolute atomic E-state index is 11.7. The fourth-order valence-corrected chi connectivity index (χ4v) is 4.95.